The molecular weight excluding hydrogens is 320 g/mol. The molecule has 1 N–H and O–H groups in total. The van der Waals surface area contributed by atoms with Gasteiger partial charge in [-0.15, -0.1) is 0 Å². The van der Waals surface area contributed by atoms with Gasteiger partial charge in [-0.2, -0.15) is 16.9 Å². The number of rotatable bonds is 6. The molecule has 0 saturated carbocycles. The number of hydrogen-bond donors (Lipinski definition) is 1. The number of aryl methyl sites for hydroxylation is 1. The van der Waals surface area contributed by atoms with E-state index < -0.39 is 5.97 Å². The molecular formula is C19H26N2O2S. The van der Waals surface area contributed by atoms with Gasteiger partial charge in [0.2, 0.25) is 0 Å². The minimum absolute atomic E-state index is 0.0893. The molecule has 0 unspecified atom stereocenters. The van der Waals surface area contributed by atoms with Crippen LogP contribution in [0.1, 0.15) is 55.0 Å². The number of aromatic carboxylic acids is 1. The zero-order valence-corrected chi connectivity index (χ0v) is 15.9. The van der Waals surface area contributed by atoms with Crippen LogP contribution in [0.2, 0.25) is 0 Å². The Kier molecular flexibility index (Phi) is 5.75. The van der Waals surface area contributed by atoms with Crippen molar-refractivity contribution >= 4 is 17.7 Å². The number of carboxylic acid groups (broad SMARTS) is 1. The van der Waals surface area contributed by atoms with Gasteiger partial charge in [0.25, 0.3) is 0 Å². The Morgan fingerprint density at radius 1 is 1.25 bits per heavy atom. The van der Waals surface area contributed by atoms with Crippen LogP contribution in [0.4, 0.5) is 0 Å². The SMILES string of the molecule is CCc1c(C(=O)O)c(CCSC)nn1-c1ccc(C(C)(C)C)cc1. The van der Waals surface area contributed by atoms with E-state index in [1.807, 2.05) is 25.3 Å². The fourth-order valence-corrected chi connectivity index (χ4v) is 3.16. The second kappa shape index (κ2) is 7.43. The second-order valence-electron chi connectivity index (χ2n) is 6.88. The van der Waals surface area contributed by atoms with Gasteiger partial charge in [-0.25, -0.2) is 9.48 Å². The minimum Gasteiger partial charge on any atom is -0.478 e. The molecule has 2 aromatic rings. The van der Waals surface area contributed by atoms with E-state index in [0.717, 1.165) is 17.1 Å². The third-order valence-corrected chi connectivity index (χ3v) is 4.74. The van der Waals surface area contributed by atoms with Crippen LogP contribution in [-0.2, 0) is 18.3 Å². The largest absolute Gasteiger partial charge is 0.478 e. The molecule has 5 heteroatoms. The lowest BCUT2D eigenvalue weighted by atomic mass is 9.87. The fraction of sp³-hybridized carbons (Fsp3) is 0.474. The normalized spacial score (nSPS) is 11.7. The quantitative estimate of drug-likeness (QED) is 0.845. The van der Waals surface area contributed by atoms with Crippen molar-refractivity contribution in [3.63, 3.8) is 0 Å². The van der Waals surface area contributed by atoms with E-state index in [2.05, 4.69) is 38.0 Å². The van der Waals surface area contributed by atoms with Crippen molar-refractivity contribution in [2.75, 3.05) is 12.0 Å². The van der Waals surface area contributed by atoms with E-state index in [0.29, 0.717) is 24.1 Å². The Hall–Kier alpha value is -1.75. The summed E-state index contributed by atoms with van der Waals surface area (Å²) in [6.45, 7) is 8.51. The number of nitrogens with zero attached hydrogens (tertiary/aromatic N) is 2. The third-order valence-electron chi connectivity index (χ3n) is 4.12. The van der Waals surface area contributed by atoms with E-state index in [4.69, 9.17) is 0 Å². The standard InChI is InChI=1S/C19H26N2O2S/c1-6-16-17(18(22)23)15(11-12-24-5)20-21(16)14-9-7-13(8-10-14)19(2,3)4/h7-10H,6,11-12H2,1-5H3,(H,22,23). The summed E-state index contributed by atoms with van der Waals surface area (Å²) in [6, 6.07) is 8.24. The molecule has 4 nitrogen and oxygen atoms in total. The van der Waals surface area contributed by atoms with Crippen LogP contribution in [0, 0.1) is 0 Å². The topological polar surface area (TPSA) is 55.1 Å². The van der Waals surface area contributed by atoms with E-state index in [9.17, 15) is 9.90 Å². The number of hydrogen-bond acceptors (Lipinski definition) is 3. The highest BCUT2D eigenvalue weighted by molar-refractivity contribution is 7.98. The molecule has 130 valence electrons. The summed E-state index contributed by atoms with van der Waals surface area (Å²) in [7, 11) is 0. The summed E-state index contributed by atoms with van der Waals surface area (Å²) >= 11 is 1.70. The van der Waals surface area contributed by atoms with Crippen molar-refractivity contribution < 1.29 is 9.90 Å². The highest BCUT2D eigenvalue weighted by atomic mass is 32.2. The third kappa shape index (κ3) is 3.83. The van der Waals surface area contributed by atoms with Crippen LogP contribution in [0.5, 0.6) is 0 Å². The lowest BCUT2D eigenvalue weighted by Gasteiger charge is -2.19. The summed E-state index contributed by atoms with van der Waals surface area (Å²) in [5.41, 5.74) is 4.06. The van der Waals surface area contributed by atoms with Crippen LogP contribution in [-0.4, -0.2) is 32.9 Å². The van der Waals surface area contributed by atoms with Gasteiger partial charge in [-0.3, -0.25) is 0 Å². The van der Waals surface area contributed by atoms with Gasteiger partial charge >= 0.3 is 5.97 Å². The summed E-state index contributed by atoms with van der Waals surface area (Å²) in [4.78, 5) is 11.7. The molecule has 1 aromatic heterocycles. The zero-order valence-electron chi connectivity index (χ0n) is 15.1. The van der Waals surface area contributed by atoms with Crippen molar-refractivity contribution in [1.29, 1.82) is 0 Å². The Balaban J connectivity index is 2.51. The molecule has 24 heavy (non-hydrogen) atoms. The van der Waals surface area contributed by atoms with Crippen molar-refractivity contribution in [3.8, 4) is 5.69 Å². The van der Waals surface area contributed by atoms with Crippen LogP contribution < -0.4 is 0 Å². The maximum absolute atomic E-state index is 11.7. The smallest absolute Gasteiger partial charge is 0.339 e. The minimum atomic E-state index is -0.888. The monoisotopic (exact) mass is 346 g/mol. The zero-order chi connectivity index (χ0) is 17.9. The molecule has 0 aliphatic carbocycles. The first-order valence-electron chi connectivity index (χ1n) is 8.23. The maximum atomic E-state index is 11.7. The highest BCUT2D eigenvalue weighted by Gasteiger charge is 2.23. The van der Waals surface area contributed by atoms with Gasteiger partial charge in [0.1, 0.15) is 5.56 Å². The Morgan fingerprint density at radius 2 is 1.88 bits per heavy atom. The summed E-state index contributed by atoms with van der Waals surface area (Å²) < 4.78 is 1.80. The predicted molar refractivity (Wildman–Crippen MR) is 101 cm³/mol. The Labute approximate surface area is 148 Å². The highest BCUT2D eigenvalue weighted by Crippen LogP contribution is 2.25. The maximum Gasteiger partial charge on any atom is 0.339 e. The van der Waals surface area contributed by atoms with Gasteiger partial charge in [0.15, 0.2) is 0 Å². The number of thioether (sulfide) groups is 1. The number of benzene rings is 1. The van der Waals surface area contributed by atoms with Crippen LogP contribution in [0.3, 0.4) is 0 Å². The average Bonchev–Trinajstić information content (AvgIpc) is 2.90. The van der Waals surface area contributed by atoms with Crippen LogP contribution >= 0.6 is 11.8 Å². The summed E-state index contributed by atoms with van der Waals surface area (Å²) in [6.07, 6.45) is 3.32. The summed E-state index contributed by atoms with van der Waals surface area (Å²) in [5.74, 6) is -0.0239. The van der Waals surface area contributed by atoms with E-state index in [1.165, 1.54) is 5.56 Å². The number of aromatic nitrogens is 2. The molecule has 0 amide bonds. The van der Waals surface area contributed by atoms with Gasteiger partial charge in [-0.1, -0.05) is 39.8 Å². The van der Waals surface area contributed by atoms with Crippen LogP contribution in [0.25, 0.3) is 5.69 Å². The number of carboxylic acids is 1. The molecule has 1 heterocycles. The van der Waals surface area contributed by atoms with E-state index in [1.54, 1.807) is 16.4 Å². The number of carbonyl (C=O) groups is 1. The second-order valence-corrected chi connectivity index (χ2v) is 7.86. The molecule has 0 spiro atoms. The van der Waals surface area contributed by atoms with E-state index in [-0.39, 0.29) is 5.41 Å². The molecule has 0 bridgehead atoms. The first-order valence-corrected chi connectivity index (χ1v) is 9.62. The summed E-state index contributed by atoms with van der Waals surface area (Å²) in [5, 5.41) is 14.3. The van der Waals surface area contributed by atoms with Gasteiger partial charge in [-0.05, 0) is 41.5 Å². The molecule has 1 aromatic carbocycles. The molecule has 0 aliphatic heterocycles. The lowest BCUT2D eigenvalue weighted by molar-refractivity contribution is 0.0694. The van der Waals surface area contributed by atoms with Crippen molar-refractivity contribution in [2.45, 2.75) is 46.0 Å². The van der Waals surface area contributed by atoms with Crippen LogP contribution in [0.15, 0.2) is 24.3 Å². The first-order chi connectivity index (χ1) is 11.3. The fourth-order valence-electron chi connectivity index (χ4n) is 2.77. The molecule has 2 rings (SSSR count). The predicted octanol–water partition coefficient (Wildman–Crippen LogP) is 4.34. The molecule has 0 atom stereocenters. The molecule has 0 saturated heterocycles. The van der Waals surface area contributed by atoms with Crippen molar-refractivity contribution in [2.24, 2.45) is 0 Å². The molecule has 0 radical (unpaired) electrons. The van der Waals surface area contributed by atoms with Gasteiger partial charge in [0.05, 0.1) is 17.1 Å². The Morgan fingerprint density at radius 3 is 2.33 bits per heavy atom. The lowest BCUT2D eigenvalue weighted by Crippen LogP contribution is -2.11. The van der Waals surface area contributed by atoms with Gasteiger partial charge in [0, 0.05) is 6.42 Å². The molecule has 0 fully saturated rings. The first kappa shape index (κ1) is 18.6. The average molecular weight is 346 g/mol. The van der Waals surface area contributed by atoms with Crippen molar-refractivity contribution in [1.82, 2.24) is 9.78 Å². The van der Waals surface area contributed by atoms with Crippen molar-refractivity contribution in [3.05, 3.63) is 46.8 Å². The Bertz CT molecular complexity index is 712. The van der Waals surface area contributed by atoms with Gasteiger partial charge < -0.3 is 5.11 Å². The van der Waals surface area contributed by atoms with E-state index >= 15 is 0 Å². The molecule has 0 aliphatic rings.